The van der Waals surface area contributed by atoms with Crippen LogP contribution in [-0.2, 0) is 6.18 Å². The van der Waals surface area contributed by atoms with Gasteiger partial charge in [-0.3, -0.25) is 0 Å². The first kappa shape index (κ1) is 17.1. The van der Waals surface area contributed by atoms with E-state index in [0.29, 0.717) is 6.42 Å². The predicted octanol–water partition coefficient (Wildman–Crippen LogP) is 3.98. The average molecular weight is 357 g/mol. The summed E-state index contributed by atoms with van der Waals surface area (Å²) in [6.07, 6.45) is -3.34. The van der Waals surface area contributed by atoms with Crippen LogP contribution in [0, 0.1) is 11.6 Å². The lowest BCUT2D eigenvalue weighted by Crippen LogP contribution is -2.17. The molecule has 0 aliphatic heterocycles. The molecular weight excluding hydrogens is 345 g/mol. The van der Waals surface area contributed by atoms with Crippen molar-refractivity contribution in [3.8, 4) is 0 Å². The number of alkyl halides is 3. The molecular formula is C15H12F5N5. The van der Waals surface area contributed by atoms with E-state index < -0.39 is 29.5 Å². The van der Waals surface area contributed by atoms with Gasteiger partial charge in [0.15, 0.2) is 5.69 Å². The summed E-state index contributed by atoms with van der Waals surface area (Å²) in [5.74, 6) is -1.65. The van der Waals surface area contributed by atoms with Gasteiger partial charge in [-0.25, -0.2) is 13.8 Å². The molecule has 1 unspecified atom stereocenters. The number of benzene rings is 1. The van der Waals surface area contributed by atoms with Crippen molar-refractivity contribution < 1.29 is 22.0 Å². The van der Waals surface area contributed by atoms with Crippen molar-refractivity contribution in [2.75, 3.05) is 5.32 Å². The van der Waals surface area contributed by atoms with E-state index in [1.165, 1.54) is 0 Å². The van der Waals surface area contributed by atoms with Gasteiger partial charge >= 0.3 is 6.18 Å². The number of nitrogens with one attached hydrogen (secondary N) is 1. The third-order valence-corrected chi connectivity index (χ3v) is 3.61. The highest BCUT2D eigenvalue weighted by molar-refractivity contribution is 5.47. The molecule has 0 aliphatic rings. The second-order valence-corrected chi connectivity index (χ2v) is 5.27. The van der Waals surface area contributed by atoms with Crippen LogP contribution in [-0.4, -0.2) is 19.6 Å². The molecule has 0 fully saturated rings. The summed E-state index contributed by atoms with van der Waals surface area (Å²) >= 11 is 0. The molecule has 3 rings (SSSR count). The Morgan fingerprint density at radius 2 is 1.96 bits per heavy atom. The molecule has 0 bridgehead atoms. The largest absolute Gasteiger partial charge is 0.433 e. The lowest BCUT2D eigenvalue weighted by molar-refractivity contribution is -0.141. The van der Waals surface area contributed by atoms with Gasteiger partial charge in [-0.15, -0.1) is 0 Å². The molecule has 0 radical (unpaired) electrons. The van der Waals surface area contributed by atoms with E-state index in [0.717, 1.165) is 35.1 Å². The molecule has 5 nitrogen and oxygen atoms in total. The SMILES string of the molecule is CCC(Nc1cc(C(F)(F)F)nc2ncnn12)c1cc(F)ccc1F. The van der Waals surface area contributed by atoms with Gasteiger partial charge in [-0.2, -0.15) is 27.8 Å². The number of nitrogens with zero attached hydrogens (tertiary/aromatic N) is 4. The summed E-state index contributed by atoms with van der Waals surface area (Å²) in [6.45, 7) is 1.69. The quantitative estimate of drug-likeness (QED) is 0.718. The Kier molecular flexibility index (Phi) is 4.27. The molecule has 1 aromatic carbocycles. The van der Waals surface area contributed by atoms with E-state index in [-0.39, 0.29) is 17.2 Å². The fourth-order valence-corrected chi connectivity index (χ4v) is 2.42. The minimum atomic E-state index is -4.68. The topological polar surface area (TPSA) is 55.1 Å². The Morgan fingerprint density at radius 1 is 1.20 bits per heavy atom. The molecule has 1 N–H and O–H groups in total. The van der Waals surface area contributed by atoms with Crippen molar-refractivity contribution in [3.05, 3.63) is 53.5 Å². The lowest BCUT2D eigenvalue weighted by Gasteiger charge is -2.20. The summed E-state index contributed by atoms with van der Waals surface area (Å²) in [6, 6.07) is 2.91. The third-order valence-electron chi connectivity index (χ3n) is 3.61. The fourth-order valence-electron chi connectivity index (χ4n) is 2.42. The van der Waals surface area contributed by atoms with Crippen LogP contribution < -0.4 is 5.32 Å². The monoisotopic (exact) mass is 357 g/mol. The molecule has 1 atom stereocenters. The summed E-state index contributed by atoms with van der Waals surface area (Å²) in [7, 11) is 0. The number of hydrogen-bond donors (Lipinski definition) is 1. The molecule has 0 aliphatic carbocycles. The van der Waals surface area contributed by atoms with Gasteiger partial charge in [0.25, 0.3) is 5.78 Å². The van der Waals surface area contributed by atoms with Crippen molar-refractivity contribution in [2.45, 2.75) is 25.6 Å². The van der Waals surface area contributed by atoms with Crippen LogP contribution in [0.1, 0.15) is 30.6 Å². The normalized spacial score (nSPS) is 13.2. The maximum absolute atomic E-state index is 14.0. The van der Waals surface area contributed by atoms with Crippen molar-refractivity contribution in [3.63, 3.8) is 0 Å². The predicted molar refractivity (Wildman–Crippen MR) is 78.8 cm³/mol. The van der Waals surface area contributed by atoms with E-state index in [1.807, 2.05) is 0 Å². The minimum absolute atomic E-state index is 0.00105. The molecule has 2 aromatic heterocycles. The summed E-state index contributed by atoms with van der Waals surface area (Å²) in [4.78, 5) is 7.05. The Balaban J connectivity index is 2.06. The van der Waals surface area contributed by atoms with Crippen molar-refractivity contribution in [1.29, 1.82) is 0 Å². The van der Waals surface area contributed by atoms with E-state index in [2.05, 4.69) is 20.4 Å². The molecule has 0 amide bonds. The van der Waals surface area contributed by atoms with Crippen LogP contribution in [0.5, 0.6) is 0 Å². The number of anilines is 1. The highest BCUT2D eigenvalue weighted by Crippen LogP contribution is 2.31. The van der Waals surface area contributed by atoms with E-state index in [4.69, 9.17) is 0 Å². The third kappa shape index (κ3) is 3.37. The molecule has 0 saturated carbocycles. The zero-order valence-corrected chi connectivity index (χ0v) is 12.8. The molecule has 3 aromatic rings. The summed E-state index contributed by atoms with van der Waals surface area (Å²) < 4.78 is 67.5. The van der Waals surface area contributed by atoms with Crippen LogP contribution in [0.4, 0.5) is 27.8 Å². The van der Waals surface area contributed by atoms with E-state index in [9.17, 15) is 22.0 Å². The second-order valence-electron chi connectivity index (χ2n) is 5.27. The molecule has 0 saturated heterocycles. The van der Waals surface area contributed by atoms with Gasteiger partial charge < -0.3 is 5.32 Å². The minimum Gasteiger partial charge on any atom is -0.363 e. The van der Waals surface area contributed by atoms with Crippen molar-refractivity contribution >= 4 is 11.6 Å². The number of rotatable bonds is 4. The standard InChI is InChI=1S/C15H12F5N5/c1-2-11(9-5-8(16)3-4-10(9)17)23-13-6-12(15(18,19)20)24-14-21-7-22-25(13)14/h3-7,11,23H,2H2,1H3. The van der Waals surface area contributed by atoms with E-state index in [1.54, 1.807) is 6.92 Å². The fraction of sp³-hybridized carbons (Fsp3) is 0.267. The number of halogens is 5. The van der Waals surface area contributed by atoms with Crippen LogP contribution in [0.15, 0.2) is 30.6 Å². The van der Waals surface area contributed by atoms with Crippen molar-refractivity contribution in [2.24, 2.45) is 0 Å². The second kappa shape index (κ2) is 6.26. The summed E-state index contributed by atoms with van der Waals surface area (Å²) in [5, 5.41) is 6.58. The van der Waals surface area contributed by atoms with Crippen LogP contribution in [0.25, 0.3) is 5.78 Å². The Hall–Kier alpha value is -2.78. The van der Waals surface area contributed by atoms with Gasteiger partial charge in [-0.05, 0) is 24.6 Å². The molecule has 0 spiro atoms. The molecule has 132 valence electrons. The molecule has 2 heterocycles. The highest BCUT2D eigenvalue weighted by atomic mass is 19.4. The number of aromatic nitrogens is 4. The summed E-state index contributed by atoms with van der Waals surface area (Å²) in [5.41, 5.74) is -1.16. The smallest absolute Gasteiger partial charge is 0.363 e. The van der Waals surface area contributed by atoms with Crippen LogP contribution in [0.2, 0.25) is 0 Å². The zero-order valence-electron chi connectivity index (χ0n) is 12.8. The van der Waals surface area contributed by atoms with Crippen molar-refractivity contribution in [1.82, 2.24) is 19.6 Å². The van der Waals surface area contributed by atoms with Gasteiger partial charge in [0.05, 0.1) is 6.04 Å². The maximum atomic E-state index is 14.0. The van der Waals surface area contributed by atoms with Gasteiger partial charge in [0.2, 0.25) is 0 Å². The Morgan fingerprint density at radius 3 is 2.64 bits per heavy atom. The Labute approximate surface area is 138 Å². The number of fused-ring (bicyclic) bond motifs is 1. The Bertz CT molecular complexity index is 905. The van der Waals surface area contributed by atoms with Crippen LogP contribution in [0.3, 0.4) is 0 Å². The maximum Gasteiger partial charge on any atom is 0.433 e. The number of hydrogen-bond acceptors (Lipinski definition) is 4. The molecule has 25 heavy (non-hydrogen) atoms. The zero-order chi connectivity index (χ0) is 18.2. The first-order valence-corrected chi connectivity index (χ1v) is 7.29. The van der Waals surface area contributed by atoms with Gasteiger partial charge in [0, 0.05) is 11.6 Å². The van der Waals surface area contributed by atoms with E-state index >= 15 is 0 Å². The van der Waals surface area contributed by atoms with Gasteiger partial charge in [-0.1, -0.05) is 6.92 Å². The van der Waals surface area contributed by atoms with Crippen LogP contribution >= 0.6 is 0 Å². The highest BCUT2D eigenvalue weighted by Gasteiger charge is 2.34. The lowest BCUT2D eigenvalue weighted by atomic mass is 10.0. The first-order chi connectivity index (χ1) is 11.8. The average Bonchev–Trinajstić information content (AvgIpc) is 3.02. The first-order valence-electron chi connectivity index (χ1n) is 7.29. The van der Waals surface area contributed by atoms with Gasteiger partial charge in [0.1, 0.15) is 23.8 Å². The molecule has 10 heteroatoms.